The molecule has 6 nitrogen and oxygen atoms in total. The third kappa shape index (κ3) is 4.19. The minimum atomic E-state index is 0.661. The molecule has 0 amide bonds. The fraction of sp³-hybridized carbons (Fsp3) is 0.556. The molecule has 1 aromatic heterocycles. The van der Waals surface area contributed by atoms with Crippen molar-refractivity contribution in [3.8, 4) is 0 Å². The predicted octanol–water partition coefficient (Wildman–Crippen LogP) is 3.60. The van der Waals surface area contributed by atoms with Gasteiger partial charge in [-0.2, -0.15) is 5.10 Å². The largest absolute Gasteiger partial charge is 0.493 e. The number of aromatic amines is 1. The summed E-state index contributed by atoms with van der Waals surface area (Å²) in [6.07, 6.45) is 7.96. The molecule has 1 aliphatic carbocycles. The fourth-order valence-corrected chi connectivity index (χ4v) is 2.93. The van der Waals surface area contributed by atoms with Crippen molar-refractivity contribution in [3.05, 3.63) is 35.6 Å². The van der Waals surface area contributed by atoms with Gasteiger partial charge in [0.25, 0.3) is 0 Å². The van der Waals surface area contributed by atoms with Gasteiger partial charge in [0.15, 0.2) is 11.6 Å². The van der Waals surface area contributed by atoms with Gasteiger partial charge in [0.2, 0.25) is 0 Å². The van der Waals surface area contributed by atoms with Crippen LogP contribution in [0.2, 0.25) is 0 Å². The zero-order valence-corrected chi connectivity index (χ0v) is 14.6. The lowest BCUT2D eigenvalue weighted by atomic mass is 10.1. The summed E-state index contributed by atoms with van der Waals surface area (Å²) < 4.78 is 5.46. The molecule has 24 heavy (non-hydrogen) atoms. The Kier molecular flexibility index (Phi) is 5.23. The molecule has 1 saturated heterocycles. The quantitative estimate of drug-likeness (QED) is 0.592. The second-order valence-electron chi connectivity index (χ2n) is 6.52. The van der Waals surface area contributed by atoms with E-state index in [1.807, 2.05) is 6.92 Å². The van der Waals surface area contributed by atoms with Crippen LogP contribution in [0.4, 0.5) is 5.82 Å². The van der Waals surface area contributed by atoms with Gasteiger partial charge in [0, 0.05) is 30.8 Å². The van der Waals surface area contributed by atoms with Crippen LogP contribution in [-0.4, -0.2) is 41.5 Å². The molecule has 2 heterocycles. The van der Waals surface area contributed by atoms with Crippen LogP contribution in [-0.2, 0) is 4.74 Å². The maximum atomic E-state index is 5.46. The zero-order chi connectivity index (χ0) is 16.9. The molecule has 2 fully saturated rings. The Morgan fingerprint density at radius 3 is 2.83 bits per heavy atom. The summed E-state index contributed by atoms with van der Waals surface area (Å²) in [5, 5.41) is 10.7. The van der Waals surface area contributed by atoms with E-state index in [1.54, 1.807) is 13.3 Å². The van der Waals surface area contributed by atoms with Gasteiger partial charge < -0.3 is 15.0 Å². The lowest BCUT2D eigenvalue weighted by Crippen LogP contribution is -2.27. The van der Waals surface area contributed by atoms with E-state index in [4.69, 9.17) is 4.74 Å². The highest BCUT2D eigenvalue weighted by molar-refractivity contribution is 5.78. The molecular formula is C18H27N5O. The lowest BCUT2D eigenvalue weighted by molar-refractivity contribution is 0.283. The van der Waals surface area contributed by atoms with Gasteiger partial charge >= 0.3 is 0 Å². The number of ether oxygens (including phenoxy) is 1. The first-order valence-corrected chi connectivity index (χ1v) is 8.72. The van der Waals surface area contributed by atoms with Crippen molar-refractivity contribution < 1.29 is 4.74 Å². The van der Waals surface area contributed by atoms with E-state index >= 15 is 0 Å². The second-order valence-corrected chi connectivity index (χ2v) is 6.52. The van der Waals surface area contributed by atoms with Gasteiger partial charge in [0.05, 0.1) is 19.0 Å². The monoisotopic (exact) mass is 329 g/mol. The second kappa shape index (κ2) is 7.55. The highest BCUT2D eigenvalue weighted by Gasteiger charge is 2.25. The smallest absolute Gasteiger partial charge is 0.156 e. The SMILES string of the molecule is C=C(N=C/C(OC)=C(\C)Nc1cc(C2CC2)[nH]n1)N1CCCCC1. The number of aromatic nitrogens is 2. The van der Waals surface area contributed by atoms with Crippen LogP contribution in [0.5, 0.6) is 0 Å². The summed E-state index contributed by atoms with van der Waals surface area (Å²) >= 11 is 0. The molecule has 0 spiro atoms. The Balaban J connectivity index is 1.62. The first-order chi connectivity index (χ1) is 11.7. The first-order valence-electron chi connectivity index (χ1n) is 8.72. The Hall–Kier alpha value is -2.24. The Bertz CT molecular complexity index is 636. The van der Waals surface area contributed by atoms with Crippen LogP contribution >= 0.6 is 0 Å². The molecule has 1 aliphatic heterocycles. The molecule has 0 atom stereocenters. The average molecular weight is 329 g/mol. The summed E-state index contributed by atoms with van der Waals surface area (Å²) in [5.74, 6) is 2.96. The van der Waals surface area contributed by atoms with Crippen LogP contribution in [0.3, 0.4) is 0 Å². The molecule has 0 bridgehead atoms. The van der Waals surface area contributed by atoms with E-state index in [1.165, 1.54) is 37.8 Å². The molecule has 0 radical (unpaired) electrons. The summed E-state index contributed by atoms with van der Waals surface area (Å²) in [6, 6.07) is 2.07. The molecule has 6 heteroatoms. The van der Waals surface area contributed by atoms with Crippen molar-refractivity contribution in [2.75, 3.05) is 25.5 Å². The van der Waals surface area contributed by atoms with Crippen LogP contribution in [0.15, 0.2) is 34.9 Å². The number of nitrogens with zero attached hydrogens (tertiary/aromatic N) is 3. The summed E-state index contributed by atoms with van der Waals surface area (Å²) in [4.78, 5) is 6.71. The normalized spacial score (nSPS) is 19.3. The highest BCUT2D eigenvalue weighted by atomic mass is 16.5. The summed E-state index contributed by atoms with van der Waals surface area (Å²) in [5.41, 5.74) is 2.08. The van der Waals surface area contributed by atoms with Crippen LogP contribution in [0.1, 0.15) is 50.6 Å². The number of allylic oxidation sites excluding steroid dienone is 2. The highest BCUT2D eigenvalue weighted by Crippen LogP contribution is 2.39. The van der Waals surface area contributed by atoms with Gasteiger partial charge in [-0.3, -0.25) is 5.10 Å². The topological polar surface area (TPSA) is 65.5 Å². The van der Waals surface area contributed by atoms with E-state index in [9.17, 15) is 0 Å². The number of likely N-dealkylation sites (tertiary alicyclic amines) is 1. The summed E-state index contributed by atoms with van der Waals surface area (Å²) in [6.45, 7) is 8.10. The molecule has 1 saturated carbocycles. The first kappa shape index (κ1) is 16.6. The van der Waals surface area contributed by atoms with Crippen LogP contribution in [0, 0.1) is 0 Å². The van der Waals surface area contributed by atoms with E-state index in [0.29, 0.717) is 11.7 Å². The molecule has 2 aliphatic rings. The average Bonchev–Trinajstić information content (AvgIpc) is 3.36. The van der Waals surface area contributed by atoms with Gasteiger partial charge in [0.1, 0.15) is 5.82 Å². The van der Waals surface area contributed by atoms with E-state index in [2.05, 4.69) is 38.1 Å². The number of piperidine rings is 1. The van der Waals surface area contributed by atoms with E-state index in [0.717, 1.165) is 30.4 Å². The molecule has 2 N–H and O–H groups in total. The van der Waals surface area contributed by atoms with Crippen LogP contribution in [0.25, 0.3) is 0 Å². The minimum Gasteiger partial charge on any atom is -0.493 e. The third-order valence-electron chi connectivity index (χ3n) is 4.57. The van der Waals surface area contributed by atoms with Gasteiger partial charge in [-0.15, -0.1) is 0 Å². The van der Waals surface area contributed by atoms with Crippen molar-refractivity contribution in [3.63, 3.8) is 0 Å². The van der Waals surface area contributed by atoms with Crippen molar-refractivity contribution >= 4 is 12.0 Å². The maximum Gasteiger partial charge on any atom is 0.156 e. The van der Waals surface area contributed by atoms with E-state index < -0.39 is 0 Å². The van der Waals surface area contributed by atoms with Crippen molar-refractivity contribution in [2.24, 2.45) is 4.99 Å². The Labute approximate surface area is 143 Å². The fourth-order valence-electron chi connectivity index (χ4n) is 2.93. The molecule has 0 unspecified atom stereocenters. The number of hydrogen-bond donors (Lipinski definition) is 2. The number of methoxy groups -OCH3 is 1. The zero-order valence-electron chi connectivity index (χ0n) is 14.6. The van der Waals surface area contributed by atoms with E-state index in [-0.39, 0.29) is 0 Å². The lowest BCUT2D eigenvalue weighted by Gasteiger charge is -2.27. The third-order valence-corrected chi connectivity index (χ3v) is 4.57. The number of anilines is 1. The minimum absolute atomic E-state index is 0.661. The predicted molar refractivity (Wildman–Crippen MR) is 97.0 cm³/mol. The molecule has 1 aromatic rings. The van der Waals surface area contributed by atoms with Crippen LogP contribution < -0.4 is 5.32 Å². The van der Waals surface area contributed by atoms with Crippen molar-refractivity contribution in [1.82, 2.24) is 15.1 Å². The Morgan fingerprint density at radius 1 is 1.42 bits per heavy atom. The van der Waals surface area contributed by atoms with Gasteiger partial charge in [-0.1, -0.05) is 6.58 Å². The number of nitrogens with one attached hydrogen (secondary N) is 2. The number of aliphatic imine (C=N–C) groups is 1. The number of H-pyrrole nitrogens is 1. The standard InChI is InChI=1S/C18H27N5O/c1-13(20-18-11-16(21-22-18)15-7-8-15)17(24-3)12-19-14(2)23-9-5-4-6-10-23/h11-12,15H,2,4-10H2,1,3H3,(H2,20,21,22)/b17-13-,19-12?. The number of rotatable bonds is 7. The van der Waals surface area contributed by atoms with Gasteiger partial charge in [-0.25, -0.2) is 4.99 Å². The maximum absolute atomic E-state index is 5.46. The number of hydrogen-bond acceptors (Lipinski definition) is 5. The molecule has 3 rings (SSSR count). The molecule has 0 aromatic carbocycles. The molecule has 130 valence electrons. The van der Waals surface area contributed by atoms with Gasteiger partial charge in [-0.05, 0) is 39.0 Å². The van der Waals surface area contributed by atoms with Crippen molar-refractivity contribution in [1.29, 1.82) is 0 Å². The van der Waals surface area contributed by atoms with Crippen molar-refractivity contribution in [2.45, 2.75) is 44.9 Å². The molecular weight excluding hydrogens is 302 g/mol. The summed E-state index contributed by atoms with van der Waals surface area (Å²) in [7, 11) is 1.65. The Morgan fingerprint density at radius 2 is 2.17 bits per heavy atom.